The molecule has 0 radical (unpaired) electrons. The van der Waals surface area contributed by atoms with Gasteiger partial charge in [-0.25, -0.2) is 9.07 Å². The van der Waals surface area contributed by atoms with Gasteiger partial charge in [-0.15, -0.1) is 0 Å². The van der Waals surface area contributed by atoms with E-state index >= 15 is 0 Å². The van der Waals surface area contributed by atoms with Crippen LogP contribution in [0, 0.1) is 5.82 Å². The summed E-state index contributed by atoms with van der Waals surface area (Å²) in [5, 5.41) is 7.74. The summed E-state index contributed by atoms with van der Waals surface area (Å²) in [6, 6.07) is 6.20. The number of rotatable bonds is 7. The summed E-state index contributed by atoms with van der Waals surface area (Å²) in [5.74, 6) is -0.179. The Bertz CT molecular complexity index is 748. The number of hydrogen-bond acceptors (Lipinski definition) is 2. The molecule has 6 heteroatoms. The second kappa shape index (κ2) is 8.45. The number of halogens is 1. The molecule has 0 fully saturated rings. The van der Waals surface area contributed by atoms with Crippen LogP contribution in [-0.4, -0.2) is 42.9 Å². The first kappa shape index (κ1) is 20.1. The van der Waals surface area contributed by atoms with Crippen LogP contribution < -0.4 is 10.2 Å². The van der Waals surface area contributed by atoms with Crippen LogP contribution in [-0.2, 0) is 0 Å². The quantitative estimate of drug-likeness (QED) is 0.794. The Hall–Kier alpha value is -2.21. The van der Waals surface area contributed by atoms with Gasteiger partial charge in [-0.2, -0.15) is 5.10 Å². The molecule has 2 aromatic rings. The second-order valence-electron chi connectivity index (χ2n) is 7.56. The smallest absolute Gasteiger partial charge is 0.255 e. The molecular formula is C20H30FN4O+. The fraction of sp³-hybridized carbons (Fsp3) is 0.500. The first-order valence-electron chi connectivity index (χ1n) is 9.18. The SMILES string of the molecule is CC(C)c1nn(-c2ccc(F)cc2)c(C(C)C)c1C(=O)NCC[NH+](C)C. The molecule has 0 saturated carbocycles. The molecule has 1 aromatic carbocycles. The Kier molecular flexibility index (Phi) is 6.53. The Morgan fingerprint density at radius 2 is 1.77 bits per heavy atom. The third kappa shape index (κ3) is 4.49. The van der Waals surface area contributed by atoms with Gasteiger partial charge in [0.05, 0.1) is 49.8 Å². The summed E-state index contributed by atoms with van der Waals surface area (Å²) in [6.07, 6.45) is 0. The van der Waals surface area contributed by atoms with E-state index < -0.39 is 0 Å². The zero-order valence-electron chi connectivity index (χ0n) is 16.6. The number of nitrogens with zero attached hydrogens (tertiary/aromatic N) is 2. The van der Waals surface area contributed by atoms with Gasteiger partial charge in [0.2, 0.25) is 0 Å². The molecule has 0 spiro atoms. The standard InChI is InChI=1S/C20H29FN4O/c1-13(2)18-17(20(26)22-11-12-24(5)6)19(14(3)4)25(23-18)16-9-7-15(21)8-10-16/h7-10,13-14H,11-12H2,1-6H3,(H,22,26)/p+1. The van der Waals surface area contributed by atoms with Gasteiger partial charge in [-0.05, 0) is 36.1 Å². The first-order valence-corrected chi connectivity index (χ1v) is 9.18. The lowest BCUT2D eigenvalue weighted by atomic mass is 9.98. The van der Waals surface area contributed by atoms with Crippen molar-refractivity contribution in [3.05, 3.63) is 47.0 Å². The predicted octanol–water partition coefficient (Wildman–Crippen LogP) is 2.13. The van der Waals surface area contributed by atoms with E-state index in [9.17, 15) is 9.18 Å². The Balaban J connectivity index is 2.51. The lowest BCUT2D eigenvalue weighted by molar-refractivity contribution is -0.856. The fourth-order valence-electron chi connectivity index (χ4n) is 2.91. The number of benzene rings is 1. The maximum absolute atomic E-state index is 13.3. The Labute approximate surface area is 155 Å². The molecule has 0 aliphatic carbocycles. The number of nitrogens with one attached hydrogen (secondary N) is 2. The van der Waals surface area contributed by atoms with Crippen LogP contribution in [0.15, 0.2) is 24.3 Å². The maximum atomic E-state index is 13.3. The normalized spacial score (nSPS) is 11.6. The second-order valence-corrected chi connectivity index (χ2v) is 7.56. The summed E-state index contributed by atoms with van der Waals surface area (Å²) >= 11 is 0. The van der Waals surface area contributed by atoms with Gasteiger partial charge in [-0.1, -0.05) is 27.7 Å². The van der Waals surface area contributed by atoms with Gasteiger partial charge in [0.15, 0.2) is 0 Å². The number of hydrogen-bond donors (Lipinski definition) is 2. The van der Waals surface area contributed by atoms with E-state index in [0.29, 0.717) is 12.1 Å². The van der Waals surface area contributed by atoms with Gasteiger partial charge in [0, 0.05) is 0 Å². The molecule has 1 amide bonds. The summed E-state index contributed by atoms with van der Waals surface area (Å²) < 4.78 is 15.1. The van der Waals surface area contributed by atoms with Crippen molar-refractivity contribution in [3.63, 3.8) is 0 Å². The van der Waals surface area contributed by atoms with Crippen molar-refractivity contribution in [1.29, 1.82) is 0 Å². The van der Waals surface area contributed by atoms with E-state index in [4.69, 9.17) is 5.10 Å². The molecule has 5 nitrogen and oxygen atoms in total. The van der Waals surface area contributed by atoms with Crippen molar-refractivity contribution < 1.29 is 14.1 Å². The number of aromatic nitrogens is 2. The van der Waals surface area contributed by atoms with Crippen LogP contribution in [0.5, 0.6) is 0 Å². The van der Waals surface area contributed by atoms with Crippen molar-refractivity contribution >= 4 is 5.91 Å². The minimum atomic E-state index is -0.291. The predicted molar refractivity (Wildman–Crippen MR) is 102 cm³/mol. The van der Waals surface area contributed by atoms with Crippen molar-refractivity contribution in [2.24, 2.45) is 0 Å². The van der Waals surface area contributed by atoms with Gasteiger partial charge >= 0.3 is 0 Å². The monoisotopic (exact) mass is 361 g/mol. The zero-order chi connectivity index (χ0) is 19.4. The molecule has 26 heavy (non-hydrogen) atoms. The Morgan fingerprint density at radius 3 is 2.27 bits per heavy atom. The van der Waals surface area contributed by atoms with Crippen LogP contribution in [0.1, 0.15) is 61.3 Å². The van der Waals surface area contributed by atoms with E-state index in [0.717, 1.165) is 23.6 Å². The molecular weight excluding hydrogens is 331 g/mol. The van der Waals surface area contributed by atoms with Crippen LogP contribution in [0.4, 0.5) is 4.39 Å². The van der Waals surface area contributed by atoms with Crippen LogP contribution in [0.3, 0.4) is 0 Å². The Morgan fingerprint density at radius 1 is 1.15 bits per heavy atom. The molecule has 142 valence electrons. The van der Waals surface area contributed by atoms with Gasteiger partial charge in [-0.3, -0.25) is 4.79 Å². The number of amides is 1. The van der Waals surface area contributed by atoms with E-state index in [1.54, 1.807) is 16.8 Å². The summed E-state index contributed by atoms with van der Waals surface area (Å²) in [4.78, 5) is 14.2. The molecule has 0 aliphatic rings. The van der Waals surface area contributed by atoms with Crippen LogP contribution >= 0.6 is 0 Å². The van der Waals surface area contributed by atoms with Crippen molar-refractivity contribution in [3.8, 4) is 5.69 Å². The van der Waals surface area contributed by atoms with E-state index in [-0.39, 0.29) is 23.6 Å². The van der Waals surface area contributed by atoms with Crippen molar-refractivity contribution in [1.82, 2.24) is 15.1 Å². The average molecular weight is 361 g/mol. The van der Waals surface area contributed by atoms with Crippen LogP contribution in [0.2, 0.25) is 0 Å². The molecule has 1 heterocycles. The number of likely N-dealkylation sites (N-methyl/N-ethyl adjacent to an activating group) is 1. The minimum Gasteiger partial charge on any atom is -0.346 e. The molecule has 2 rings (SSSR count). The highest BCUT2D eigenvalue weighted by Crippen LogP contribution is 2.29. The summed E-state index contributed by atoms with van der Waals surface area (Å²) in [7, 11) is 4.11. The van der Waals surface area contributed by atoms with E-state index in [1.807, 2.05) is 27.7 Å². The van der Waals surface area contributed by atoms with Gasteiger partial charge in [0.1, 0.15) is 5.82 Å². The van der Waals surface area contributed by atoms with E-state index in [2.05, 4.69) is 19.4 Å². The van der Waals surface area contributed by atoms with Crippen molar-refractivity contribution in [2.45, 2.75) is 39.5 Å². The van der Waals surface area contributed by atoms with Crippen LogP contribution in [0.25, 0.3) is 5.69 Å². The fourth-order valence-corrected chi connectivity index (χ4v) is 2.91. The lowest BCUT2D eigenvalue weighted by Gasteiger charge is -2.14. The molecule has 0 aliphatic heterocycles. The molecule has 1 aromatic heterocycles. The largest absolute Gasteiger partial charge is 0.346 e. The summed E-state index contributed by atoms with van der Waals surface area (Å²) in [5.41, 5.74) is 3.03. The highest BCUT2D eigenvalue weighted by molar-refractivity contribution is 5.97. The number of quaternary nitrogens is 1. The third-order valence-corrected chi connectivity index (χ3v) is 4.25. The molecule has 0 unspecified atom stereocenters. The molecule has 0 saturated heterocycles. The highest BCUT2D eigenvalue weighted by atomic mass is 19.1. The number of carbonyl (C=O) groups excluding carboxylic acids is 1. The average Bonchev–Trinajstić information content (AvgIpc) is 2.96. The lowest BCUT2D eigenvalue weighted by Crippen LogP contribution is -3.06. The van der Waals surface area contributed by atoms with Gasteiger partial charge < -0.3 is 10.2 Å². The topological polar surface area (TPSA) is 51.4 Å². The highest BCUT2D eigenvalue weighted by Gasteiger charge is 2.27. The first-order chi connectivity index (χ1) is 12.2. The maximum Gasteiger partial charge on any atom is 0.255 e. The summed E-state index contributed by atoms with van der Waals surface area (Å²) in [6.45, 7) is 9.61. The molecule has 0 atom stereocenters. The molecule has 0 bridgehead atoms. The minimum absolute atomic E-state index is 0.0907. The zero-order valence-corrected chi connectivity index (χ0v) is 16.6. The molecule has 2 N–H and O–H groups in total. The van der Waals surface area contributed by atoms with Gasteiger partial charge in [0.25, 0.3) is 5.91 Å². The van der Waals surface area contributed by atoms with Crippen molar-refractivity contribution in [2.75, 3.05) is 27.2 Å². The van der Waals surface area contributed by atoms with E-state index in [1.165, 1.54) is 17.0 Å². The third-order valence-electron chi connectivity index (χ3n) is 4.25. The number of carbonyl (C=O) groups is 1.